The summed E-state index contributed by atoms with van der Waals surface area (Å²) in [4.78, 5) is 22.8. The molecule has 0 aliphatic heterocycles. The molecule has 0 fully saturated rings. The van der Waals surface area contributed by atoms with E-state index in [1.54, 1.807) is 19.7 Å². The van der Waals surface area contributed by atoms with E-state index < -0.39 is 0 Å². The van der Waals surface area contributed by atoms with E-state index in [1.807, 2.05) is 4.57 Å². The zero-order valence-electron chi connectivity index (χ0n) is 9.34. The largest absolute Gasteiger partial charge is 0.396 e. The average molecular weight is 234 g/mol. The number of aliphatic hydroxyl groups excluding tert-OH is 1. The maximum Gasteiger partial charge on any atom is 0.315 e. The summed E-state index contributed by atoms with van der Waals surface area (Å²) in [5.41, 5.74) is 1.17. The lowest BCUT2D eigenvalue weighted by Gasteiger charge is -2.03. The first-order chi connectivity index (χ1) is 8.26. The lowest BCUT2D eigenvalue weighted by atomic mass is 10.4. The fourth-order valence-electron chi connectivity index (χ4n) is 1.59. The highest BCUT2D eigenvalue weighted by Gasteiger charge is 2.11. The fourth-order valence-corrected chi connectivity index (χ4v) is 1.59. The Morgan fingerprint density at radius 3 is 3.06 bits per heavy atom. The molecule has 1 amide bonds. The van der Waals surface area contributed by atoms with Gasteiger partial charge >= 0.3 is 6.41 Å². The van der Waals surface area contributed by atoms with Crippen LogP contribution in [-0.2, 0) is 11.3 Å². The molecule has 17 heavy (non-hydrogen) atoms. The van der Waals surface area contributed by atoms with Crippen LogP contribution in [0.2, 0.25) is 0 Å². The Morgan fingerprint density at radius 1 is 1.53 bits per heavy atom. The molecule has 2 aromatic rings. The van der Waals surface area contributed by atoms with Gasteiger partial charge in [-0.3, -0.25) is 4.79 Å². The molecule has 2 rings (SSSR count). The van der Waals surface area contributed by atoms with Gasteiger partial charge in [0.1, 0.15) is 5.82 Å². The third kappa shape index (κ3) is 2.23. The van der Waals surface area contributed by atoms with Crippen molar-refractivity contribution >= 4 is 23.4 Å². The van der Waals surface area contributed by atoms with Crippen molar-refractivity contribution in [2.45, 2.75) is 19.9 Å². The molecule has 0 bridgehead atoms. The highest BCUT2D eigenvalue weighted by molar-refractivity contribution is 5.88. The van der Waals surface area contributed by atoms with Gasteiger partial charge in [-0.2, -0.15) is 0 Å². The van der Waals surface area contributed by atoms with Crippen molar-refractivity contribution < 1.29 is 9.90 Å². The molecule has 2 heterocycles. The molecule has 2 N–H and O–H groups in total. The molecular formula is C10H12N5O2. The van der Waals surface area contributed by atoms with Crippen LogP contribution in [-0.4, -0.2) is 37.6 Å². The minimum absolute atomic E-state index is 0.108. The molecule has 0 aliphatic rings. The second-order valence-electron chi connectivity index (χ2n) is 3.53. The number of hydrogen-bond donors (Lipinski definition) is 2. The molecule has 7 nitrogen and oxygen atoms in total. The summed E-state index contributed by atoms with van der Waals surface area (Å²) in [6, 6.07) is 0. The Hall–Kier alpha value is -2.02. The molecule has 1 radical (unpaired) electrons. The van der Waals surface area contributed by atoms with Gasteiger partial charge in [0, 0.05) is 13.2 Å². The number of hydrogen-bond acceptors (Lipinski definition) is 5. The standard InChI is InChI=1S/C10H12N5O2/c1-7-13-9(12-6-17)8-10(14-7)15(5-11-8)3-2-4-16/h5,16H,2-4H2,1H3,(H,12,13,14,17). The van der Waals surface area contributed by atoms with E-state index in [0.29, 0.717) is 35.8 Å². The molecule has 0 saturated carbocycles. The van der Waals surface area contributed by atoms with E-state index in [0.717, 1.165) is 0 Å². The molecule has 2 aromatic heterocycles. The SMILES string of the molecule is Cc1nc(N[C]=O)c2ncn(CCCO)c2n1. The van der Waals surface area contributed by atoms with Gasteiger partial charge in [-0.1, -0.05) is 0 Å². The summed E-state index contributed by atoms with van der Waals surface area (Å²) in [6.07, 6.45) is 3.81. The van der Waals surface area contributed by atoms with E-state index in [9.17, 15) is 4.79 Å². The fraction of sp³-hybridized carbons (Fsp3) is 0.400. The van der Waals surface area contributed by atoms with Crippen LogP contribution in [0.1, 0.15) is 12.2 Å². The summed E-state index contributed by atoms with van der Waals surface area (Å²) in [7, 11) is 0. The molecular weight excluding hydrogens is 222 g/mol. The Bertz CT molecular complexity index is 537. The van der Waals surface area contributed by atoms with Gasteiger partial charge in [-0.05, 0) is 13.3 Å². The molecule has 0 saturated heterocycles. The maximum atomic E-state index is 10.3. The van der Waals surface area contributed by atoms with Crippen molar-refractivity contribution in [3.63, 3.8) is 0 Å². The number of aromatic nitrogens is 4. The third-order valence-corrected chi connectivity index (χ3v) is 2.30. The van der Waals surface area contributed by atoms with Crippen molar-refractivity contribution in [3.05, 3.63) is 12.2 Å². The minimum atomic E-state index is 0.108. The van der Waals surface area contributed by atoms with Crippen LogP contribution in [0.4, 0.5) is 5.82 Å². The van der Waals surface area contributed by atoms with E-state index in [1.165, 1.54) is 0 Å². The Balaban J connectivity index is 2.48. The first kappa shape index (κ1) is 11.5. The second-order valence-corrected chi connectivity index (χ2v) is 3.53. The van der Waals surface area contributed by atoms with Gasteiger partial charge in [0.05, 0.1) is 6.33 Å². The number of anilines is 1. The van der Waals surface area contributed by atoms with Crippen molar-refractivity contribution in [2.24, 2.45) is 0 Å². The van der Waals surface area contributed by atoms with Gasteiger partial charge < -0.3 is 15.0 Å². The molecule has 0 aromatic carbocycles. The quantitative estimate of drug-likeness (QED) is 0.710. The van der Waals surface area contributed by atoms with Crippen LogP contribution < -0.4 is 5.32 Å². The third-order valence-electron chi connectivity index (χ3n) is 2.30. The van der Waals surface area contributed by atoms with Gasteiger partial charge in [-0.15, -0.1) is 0 Å². The molecule has 0 spiro atoms. The van der Waals surface area contributed by atoms with Crippen molar-refractivity contribution in [1.29, 1.82) is 0 Å². The van der Waals surface area contributed by atoms with Crippen LogP contribution >= 0.6 is 0 Å². The van der Waals surface area contributed by atoms with Crippen LogP contribution in [0.5, 0.6) is 0 Å². The van der Waals surface area contributed by atoms with E-state index in [4.69, 9.17) is 5.11 Å². The first-order valence-corrected chi connectivity index (χ1v) is 5.19. The van der Waals surface area contributed by atoms with Crippen molar-refractivity contribution in [2.75, 3.05) is 11.9 Å². The van der Waals surface area contributed by atoms with Crippen LogP contribution in [0.15, 0.2) is 6.33 Å². The summed E-state index contributed by atoms with van der Waals surface area (Å²) >= 11 is 0. The highest BCUT2D eigenvalue weighted by atomic mass is 16.3. The van der Waals surface area contributed by atoms with Gasteiger partial charge in [0.2, 0.25) is 0 Å². The van der Waals surface area contributed by atoms with Gasteiger partial charge in [-0.25, -0.2) is 15.0 Å². The topological polar surface area (TPSA) is 92.9 Å². The monoisotopic (exact) mass is 234 g/mol. The van der Waals surface area contributed by atoms with Crippen LogP contribution in [0.3, 0.4) is 0 Å². The van der Waals surface area contributed by atoms with Crippen LogP contribution in [0.25, 0.3) is 11.2 Å². The zero-order chi connectivity index (χ0) is 12.3. The number of nitrogens with one attached hydrogen (secondary N) is 1. The van der Waals surface area contributed by atoms with Crippen molar-refractivity contribution in [3.8, 4) is 0 Å². The first-order valence-electron chi connectivity index (χ1n) is 5.19. The number of aryl methyl sites for hydroxylation is 2. The Morgan fingerprint density at radius 2 is 2.35 bits per heavy atom. The van der Waals surface area contributed by atoms with E-state index >= 15 is 0 Å². The predicted molar refractivity (Wildman–Crippen MR) is 61.1 cm³/mol. The molecule has 7 heteroatoms. The Kier molecular flexibility index (Phi) is 3.29. The Labute approximate surface area is 97.5 Å². The number of nitrogens with zero attached hydrogens (tertiary/aromatic N) is 4. The minimum Gasteiger partial charge on any atom is -0.396 e. The van der Waals surface area contributed by atoms with E-state index in [-0.39, 0.29) is 6.61 Å². The summed E-state index contributed by atoms with van der Waals surface area (Å²) < 4.78 is 1.82. The molecule has 0 aliphatic carbocycles. The number of amides is 1. The molecule has 89 valence electrons. The summed E-state index contributed by atoms with van der Waals surface area (Å²) in [5, 5.41) is 11.2. The van der Waals surface area contributed by atoms with Gasteiger partial charge in [0.25, 0.3) is 0 Å². The molecule has 0 atom stereocenters. The van der Waals surface area contributed by atoms with Gasteiger partial charge in [0.15, 0.2) is 17.0 Å². The second kappa shape index (κ2) is 4.88. The van der Waals surface area contributed by atoms with E-state index in [2.05, 4.69) is 20.3 Å². The smallest absolute Gasteiger partial charge is 0.315 e. The number of fused-ring (bicyclic) bond motifs is 1. The number of rotatable bonds is 5. The number of carbonyl (C=O) groups excluding carboxylic acids is 1. The summed E-state index contributed by atoms with van der Waals surface area (Å²) in [6.45, 7) is 2.46. The normalized spacial score (nSPS) is 10.7. The molecule has 0 unspecified atom stereocenters. The number of aliphatic hydroxyl groups is 1. The number of imidazole rings is 1. The lowest BCUT2D eigenvalue weighted by molar-refractivity contribution is 0.280. The maximum absolute atomic E-state index is 10.3. The average Bonchev–Trinajstić information content (AvgIpc) is 2.70. The highest BCUT2D eigenvalue weighted by Crippen LogP contribution is 2.18. The van der Waals surface area contributed by atoms with Crippen LogP contribution in [0, 0.1) is 6.92 Å². The predicted octanol–water partition coefficient (Wildman–Crippen LogP) is -0.00378. The zero-order valence-corrected chi connectivity index (χ0v) is 9.34. The lowest BCUT2D eigenvalue weighted by Crippen LogP contribution is -2.04. The van der Waals surface area contributed by atoms with Crippen molar-refractivity contribution in [1.82, 2.24) is 19.5 Å². The summed E-state index contributed by atoms with van der Waals surface area (Å²) in [5.74, 6) is 0.895.